The molecule has 0 spiro atoms. The maximum absolute atomic E-state index is 13.2. The van der Waals surface area contributed by atoms with Gasteiger partial charge in [-0.25, -0.2) is 0 Å². The maximum atomic E-state index is 13.2. The van der Waals surface area contributed by atoms with Crippen LogP contribution in [0, 0.1) is 13.8 Å². The van der Waals surface area contributed by atoms with E-state index in [9.17, 15) is 9.59 Å². The molecule has 0 fully saturated rings. The summed E-state index contributed by atoms with van der Waals surface area (Å²) in [4.78, 5) is 28.5. The first kappa shape index (κ1) is 17.2. The highest BCUT2D eigenvalue weighted by atomic mass is 35.5. The van der Waals surface area contributed by atoms with Crippen molar-refractivity contribution >= 4 is 23.2 Å². The average Bonchev–Trinajstić information content (AvgIpc) is 2.93. The third-order valence-electron chi connectivity index (χ3n) is 4.21. The van der Waals surface area contributed by atoms with Gasteiger partial charge in [-0.15, -0.1) is 0 Å². The second-order valence-corrected chi connectivity index (χ2v) is 6.57. The van der Waals surface area contributed by atoms with Crippen LogP contribution in [0.1, 0.15) is 44.5 Å². The van der Waals surface area contributed by atoms with Gasteiger partial charge < -0.3 is 4.98 Å². The van der Waals surface area contributed by atoms with Gasteiger partial charge in [-0.3, -0.25) is 9.59 Å². The summed E-state index contributed by atoms with van der Waals surface area (Å²) in [6.07, 6.45) is 0. The zero-order valence-corrected chi connectivity index (χ0v) is 15.1. The number of hydrogen-bond donors (Lipinski definition) is 1. The van der Waals surface area contributed by atoms with Gasteiger partial charge in [-0.05, 0) is 38.5 Å². The molecule has 2 aromatic carbocycles. The number of nitrogens with one attached hydrogen (secondary N) is 1. The fraction of sp³-hybridized carbons (Fsp3) is 0.143. The molecule has 1 N–H and O–H groups in total. The van der Waals surface area contributed by atoms with Crippen LogP contribution in [0.3, 0.4) is 0 Å². The number of benzene rings is 2. The molecule has 0 saturated carbocycles. The van der Waals surface area contributed by atoms with E-state index in [0.29, 0.717) is 33.1 Å². The lowest BCUT2D eigenvalue weighted by molar-refractivity contribution is 0.0991. The van der Waals surface area contributed by atoms with Crippen LogP contribution in [0.4, 0.5) is 0 Å². The molecule has 126 valence electrons. The highest BCUT2D eigenvalue weighted by molar-refractivity contribution is 6.30. The number of carbonyl (C=O) groups is 2. The molecule has 0 saturated heterocycles. The Morgan fingerprint density at radius 2 is 1.48 bits per heavy atom. The SMILES string of the molecule is CC(=O)c1c(C)[nH]c(-c2ccc(Cl)cc2)c1C(=O)c1ccc(C)cc1. The first-order chi connectivity index (χ1) is 11.9. The predicted molar refractivity (Wildman–Crippen MR) is 101 cm³/mol. The Hall–Kier alpha value is -2.65. The summed E-state index contributed by atoms with van der Waals surface area (Å²) >= 11 is 5.97. The van der Waals surface area contributed by atoms with Crippen molar-refractivity contribution in [2.24, 2.45) is 0 Å². The zero-order valence-electron chi connectivity index (χ0n) is 14.3. The summed E-state index contributed by atoms with van der Waals surface area (Å²) < 4.78 is 0. The normalized spacial score (nSPS) is 10.7. The third kappa shape index (κ3) is 3.28. The fourth-order valence-electron chi connectivity index (χ4n) is 2.97. The van der Waals surface area contributed by atoms with Crippen molar-refractivity contribution in [3.8, 4) is 11.3 Å². The van der Waals surface area contributed by atoms with Crippen LogP contribution in [0.5, 0.6) is 0 Å². The van der Waals surface area contributed by atoms with Crippen LogP contribution in [0.25, 0.3) is 11.3 Å². The molecule has 0 bridgehead atoms. The molecule has 0 aliphatic carbocycles. The number of carbonyl (C=O) groups excluding carboxylic acids is 2. The number of Topliss-reactive ketones (excluding diaryl/α,β-unsaturated/α-hetero) is 1. The van der Waals surface area contributed by atoms with Crippen LogP contribution >= 0.6 is 11.6 Å². The van der Waals surface area contributed by atoms with E-state index >= 15 is 0 Å². The summed E-state index contributed by atoms with van der Waals surface area (Å²) in [7, 11) is 0. The maximum Gasteiger partial charge on any atom is 0.195 e. The van der Waals surface area contributed by atoms with E-state index in [-0.39, 0.29) is 11.6 Å². The largest absolute Gasteiger partial charge is 0.357 e. The number of hydrogen-bond acceptors (Lipinski definition) is 2. The molecule has 0 atom stereocenters. The van der Waals surface area contributed by atoms with E-state index in [4.69, 9.17) is 11.6 Å². The second-order valence-electron chi connectivity index (χ2n) is 6.13. The molecule has 0 aliphatic rings. The standard InChI is InChI=1S/C21H18ClNO2/c1-12-4-6-16(7-5-12)21(25)19-18(14(3)24)13(2)23-20(19)15-8-10-17(22)11-9-15/h4-11,23H,1-3H3. The van der Waals surface area contributed by atoms with E-state index in [1.165, 1.54) is 6.92 Å². The average molecular weight is 352 g/mol. The number of ketones is 2. The van der Waals surface area contributed by atoms with Gasteiger partial charge in [0.25, 0.3) is 0 Å². The monoisotopic (exact) mass is 351 g/mol. The molecule has 1 heterocycles. The van der Waals surface area contributed by atoms with Gasteiger partial charge in [0.1, 0.15) is 0 Å². The molecule has 0 aliphatic heterocycles. The Labute approximate surface area is 151 Å². The van der Waals surface area contributed by atoms with Gasteiger partial charge in [0.2, 0.25) is 0 Å². The van der Waals surface area contributed by atoms with Gasteiger partial charge in [-0.2, -0.15) is 0 Å². The van der Waals surface area contributed by atoms with Crippen LogP contribution in [-0.2, 0) is 0 Å². The molecule has 0 radical (unpaired) electrons. The highest BCUT2D eigenvalue weighted by Gasteiger charge is 2.25. The Morgan fingerprint density at radius 3 is 2.04 bits per heavy atom. The molecule has 3 nitrogen and oxygen atoms in total. The first-order valence-electron chi connectivity index (χ1n) is 7.99. The molecule has 0 amide bonds. The summed E-state index contributed by atoms with van der Waals surface area (Å²) in [5.41, 5.74) is 4.63. The first-order valence-corrected chi connectivity index (χ1v) is 8.37. The summed E-state index contributed by atoms with van der Waals surface area (Å²) in [6, 6.07) is 14.6. The Bertz CT molecular complexity index is 951. The minimum absolute atomic E-state index is 0.135. The van der Waals surface area contributed by atoms with Gasteiger partial charge in [0, 0.05) is 21.8 Å². The minimum atomic E-state index is -0.167. The van der Waals surface area contributed by atoms with Crippen LogP contribution in [0.2, 0.25) is 5.02 Å². The number of aryl methyl sites for hydroxylation is 2. The predicted octanol–water partition coefficient (Wildman–Crippen LogP) is 5.39. The minimum Gasteiger partial charge on any atom is -0.357 e. The molecule has 3 rings (SSSR count). The number of H-pyrrole nitrogens is 1. The molecule has 4 heteroatoms. The van der Waals surface area contributed by atoms with Crippen molar-refractivity contribution in [2.75, 3.05) is 0 Å². The molecule has 25 heavy (non-hydrogen) atoms. The van der Waals surface area contributed by atoms with E-state index < -0.39 is 0 Å². The highest BCUT2D eigenvalue weighted by Crippen LogP contribution is 2.31. The quantitative estimate of drug-likeness (QED) is 0.641. The van der Waals surface area contributed by atoms with E-state index in [2.05, 4.69) is 4.98 Å². The van der Waals surface area contributed by atoms with E-state index in [0.717, 1.165) is 11.1 Å². The Balaban J connectivity index is 2.22. The lowest BCUT2D eigenvalue weighted by atomic mass is 9.94. The molecule has 1 aromatic heterocycles. The lowest BCUT2D eigenvalue weighted by Crippen LogP contribution is -2.08. The van der Waals surface area contributed by atoms with Crippen molar-refractivity contribution < 1.29 is 9.59 Å². The summed E-state index contributed by atoms with van der Waals surface area (Å²) in [6.45, 7) is 5.25. The van der Waals surface area contributed by atoms with Crippen molar-refractivity contribution in [1.29, 1.82) is 0 Å². The number of halogens is 1. The molecular weight excluding hydrogens is 334 g/mol. The van der Waals surface area contributed by atoms with Gasteiger partial charge in [0.15, 0.2) is 11.6 Å². The van der Waals surface area contributed by atoms with Crippen molar-refractivity contribution in [3.05, 3.63) is 81.5 Å². The van der Waals surface area contributed by atoms with Crippen LogP contribution in [-0.4, -0.2) is 16.6 Å². The van der Waals surface area contributed by atoms with Crippen molar-refractivity contribution in [1.82, 2.24) is 4.98 Å². The number of rotatable bonds is 4. The number of aromatic amines is 1. The van der Waals surface area contributed by atoms with Crippen LogP contribution < -0.4 is 0 Å². The smallest absolute Gasteiger partial charge is 0.195 e. The molecule has 0 unspecified atom stereocenters. The summed E-state index contributed by atoms with van der Waals surface area (Å²) in [5, 5.41) is 0.616. The van der Waals surface area contributed by atoms with Gasteiger partial charge in [0.05, 0.1) is 11.3 Å². The van der Waals surface area contributed by atoms with Crippen molar-refractivity contribution in [3.63, 3.8) is 0 Å². The van der Waals surface area contributed by atoms with E-state index in [1.54, 1.807) is 24.3 Å². The van der Waals surface area contributed by atoms with E-state index in [1.807, 2.05) is 38.1 Å². The Kier molecular flexibility index (Phi) is 4.60. The van der Waals surface area contributed by atoms with Gasteiger partial charge >= 0.3 is 0 Å². The van der Waals surface area contributed by atoms with Crippen LogP contribution in [0.15, 0.2) is 48.5 Å². The zero-order chi connectivity index (χ0) is 18.1. The lowest BCUT2D eigenvalue weighted by Gasteiger charge is -2.07. The molecular formula is C21H18ClNO2. The summed E-state index contributed by atoms with van der Waals surface area (Å²) in [5.74, 6) is -0.302. The topological polar surface area (TPSA) is 49.9 Å². The Morgan fingerprint density at radius 1 is 0.880 bits per heavy atom. The third-order valence-corrected chi connectivity index (χ3v) is 4.47. The number of aromatic nitrogens is 1. The second kappa shape index (κ2) is 6.69. The van der Waals surface area contributed by atoms with Crippen molar-refractivity contribution in [2.45, 2.75) is 20.8 Å². The van der Waals surface area contributed by atoms with Gasteiger partial charge in [-0.1, -0.05) is 53.6 Å². The fourth-order valence-corrected chi connectivity index (χ4v) is 3.10. The molecule has 3 aromatic rings.